The van der Waals surface area contributed by atoms with E-state index in [1.165, 1.54) is 44.2 Å². The number of allylic oxidation sites excluding steroid dienone is 3. The van der Waals surface area contributed by atoms with Crippen LogP contribution < -0.4 is 0 Å². The van der Waals surface area contributed by atoms with Gasteiger partial charge in [-0.2, -0.15) is 0 Å². The third-order valence-corrected chi connectivity index (χ3v) is 4.57. The molecular formula is C22H18. The summed E-state index contributed by atoms with van der Waals surface area (Å²) in [6, 6.07) is 17.6. The summed E-state index contributed by atoms with van der Waals surface area (Å²) in [7, 11) is 0. The van der Waals surface area contributed by atoms with Gasteiger partial charge in [0.1, 0.15) is 0 Å². The predicted molar refractivity (Wildman–Crippen MR) is 97.0 cm³/mol. The minimum atomic E-state index is 1.08. The van der Waals surface area contributed by atoms with Crippen molar-refractivity contribution in [2.45, 2.75) is 13.8 Å². The van der Waals surface area contributed by atoms with Gasteiger partial charge in [0.15, 0.2) is 0 Å². The van der Waals surface area contributed by atoms with Crippen molar-refractivity contribution in [3.05, 3.63) is 78.4 Å². The molecule has 3 aromatic rings. The SMILES string of the molecule is C=C(/C=C\C)c1c(C)ccc2c1-c1cccc3cccc-2c13. The van der Waals surface area contributed by atoms with Crippen LogP contribution in [-0.4, -0.2) is 0 Å². The Kier molecular flexibility index (Phi) is 2.80. The van der Waals surface area contributed by atoms with Gasteiger partial charge in [0.25, 0.3) is 0 Å². The van der Waals surface area contributed by atoms with Crippen molar-refractivity contribution < 1.29 is 0 Å². The van der Waals surface area contributed by atoms with E-state index >= 15 is 0 Å². The van der Waals surface area contributed by atoms with Crippen LogP contribution >= 0.6 is 0 Å². The van der Waals surface area contributed by atoms with Crippen molar-refractivity contribution >= 4 is 16.3 Å². The molecule has 0 saturated heterocycles. The first kappa shape index (κ1) is 13.1. The summed E-state index contributed by atoms with van der Waals surface area (Å²) in [5.41, 5.74) is 9.01. The van der Waals surface area contributed by atoms with Crippen LogP contribution in [0.4, 0.5) is 0 Å². The van der Waals surface area contributed by atoms with E-state index in [1.54, 1.807) is 0 Å². The number of hydrogen-bond donors (Lipinski definition) is 0. The Morgan fingerprint density at radius 3 is 2.36 bits per heavy atom. The molecule has 0 heterocycles. The van der Waals surface area contributed by atoms with Gasteiger partial charge in [0.05, 0.1) is 0 Å². The predicted octanol–water partition coefficient (Wildman–Crippen LogP) is 6.38. The standard InChI is InChI=1S/C22H18/c1-4-7-14(2)20-15(3)12-13-18-17-10-5-8-16-9-6-11-19(21(16)17)22(18)20/h4-13H,2H2,1,3H3/b7-4-. The van der Waals surface area contributed by atoms with Gasteiger partial charge >= 0.3 is 0 Å². The molecule has 0 unspecified atom stereocenters. The first-order chi connectivity index (χ1) is 10.7. The lowest BCUT2D eigenvalue weighted by Gasteiger charge is -2.14. The Labute approximate surface area is 131 Å². The lowest BCUT2D eigenvalue weighted by molar-refractivity contribution is 1.43. The van der Waals surface area contributed by atoms with Crippen molar-refractivity contribution in [2.24, 2.45) is 0 Å². The van der Waals surface area contributed by atoms with Gasteiger partial charge in [0, 0.05) is 0 Å². The number of fused-ring (bicyclic) bond motifs is 3. The first-order valence-corrected chi connectivity index (χ1v) is 7.70. The molecule has 0 radical (unpaired) electrons. The smallest absolute Gasteiger partial charge is 0.00177 e. The molecule has 0 aromatic heterocycles. The highest BCUT2D eigenvalue weighted by Gasteiger charge is 2.24. The third-order valence-electron chi connectivity index (χ3n) is 4.57. The fourth-order valence-electron chi connectivity index (χ4n) is 3.68. The molecule has 4 rings (SSSR count). The Morgan fingerprint density at radius 2 is 1.64 bits per heavy atom. The minimum Gasteiger partial charge on any atom is -0.0911 e. The van der Waals surface area contributed by atoms with Gasteiger partial charge < -0.3 is 0 Å². The van der Waals surface area contributed by atoms with Crippen LogP contribution in [0.1, 0.15) is 18.1 Å². The lowest BCUT2D eigenvalue weighted by Crippen LogP contribution is -1.91. The van der Waals surface area contributed by atoms with Gasteiger partial charge in [-0.15, -0.1) is 0 Å². The van der Waals surface area contributed by atoms with Crippen molar-refractivity contribution in [2.75, 3.05) is 0 Å². The van der Waals surface area contributed by atoms with Crippen molar-refractivity contribution in [3.8, 4) is 22.3 Å². The Hall–Kier alpha value is -2.60. The van der Waals surface area contributed by atoms with E-state index in [0.29, 0.717) is 0 Å². The summed E-state index contributed by atoms with van der Waals surface area (Å²) < 4.78 is 0. The molecule has 0 nitrogen and oxygen atoms in total. The second-order valence-corrected chi connectivity index (χ2v) is 5.91. The Morgan fingerprint density at radius 1 is 0.909 bits per heavy atom. The summed E-state index contributed by atoms with van der Waals surface area (Å²) >= 11 is 0. The third kappa shape index (κ3) is 1.64. The molecule has 0 bridgehead atoms. The van der Waals surface area contributed by atoms with Crippen LogP contribution in [-0.2, 0) is 0 Å². The molecule has 1 aliphatic carbocycles. The highest BCUT2D eigenvalue weighted by molar-refractivity contribution is 6.17. The average Bonchev–Trinajstić information content (AvgIpc) is 2.84. The summed E-state index contributed by atoms with van der Waals surface area (Å²) in [5.74, 6) is 0. The molecule has 0 N–H and O–H groups in total. The molecule has 0 saturated carbocycles. The normalized spacial score (nSPS) is 12.1. The zero-order valence-electron chi connectivity index (χ0n) is 13.0. The zero-order valence-corrected chi connectivity index (χ0v) is 13.0. The molecule has 0 atom stereocenters. The van der Waals surface area contributed by atoms with Crippen LogP contribution in [0.2, 0.25) is 0 Å². The van der Waals surface area contributed by atoms with E-state index in [4.69, 9.17) is 0 Å². The minimum absolute atomic E-state index is 1.08. The highest BCUT2D eigenvalue weighted by atomic mass is 14.3. The molecule has 22 heavy (non-hydrogen) atoms. The zero-order chi connectivity index (χ0) is 15.3. The monoisotopic (exact) mass is 282 g/mol. The summed E-state index contributed by atoms with van der Waals surface area (Å²) in [6.07, 6.45) is 4.16. The van der Waals surface area contributed by atoms with E-state index in [0.717, 1.165) is 5.57 Å². The van der Waals surface area contributed by atoms with Gasteiger partial charge in [0.2, 0.25) is 0 Å². The van der Waals surface area contributed by atoms with Crippen LogP contribution in [0.15, 0.2) is 67.3 Å². The average molecular weight is 282 g/mol. The van der Waals surface area contributed by atoms with Crippen LogP contribution in [0.25, 0.3) is 38.6 Å². The molecule has 0 heteroatoms. The number of benzene rings is 3. The highest BCUT2D eigenvalue weighted by Crippen LogP contribution is 2.50. The second-order valence-electron chi connectivity index (χ2n) is 5.91. The molecule has 0 fully saturated rings. The Bertz CT molecular complexity index is 950. The van der Waals surface area contributed by atoms with E-state index in [2.05, 4.69) is 74.2 Å². The first-order valence-electron chi connectivity index (χ1n) is 7.70. The van der Waals surface area contributed by atoms with Gasteiger partial charge in [-0.25, -0.2) is 0 Å². The fourth-order valence-corrected chi connectivity index (χ4v) is 3.68. The maximum atomic E-state index is 4.29. The molecular weight excluding hydrogens is 264 g/mol. The topological polar surface area (TPSA) is 0 Å². The summed E-state index contributed by atoms with van der Waals surface area (Å²) in [6.45, 7) is 8.51. The van der Waals surface area contributed by atoms with E-state index in [1.807, 2.05) is 6.92 Å². The number of hydrogen-bond acceptors (Lipinski definition) is 0. The van der Waals surface area contributed by atoms with Crippen molar-refractivity contribution in [1.82, 2.24) is 0 Å². The molecule has 1 aliphatic rings. The van der Waals surface area contributed by atoms with E-state index in [9.17, 15) is 0 Å². The molecule has 0 aliphatic heterocycles. The largest absolute Gasteiger partial charge is 0.0911 e. The van der Waals surface area contributed by atoms with Crippen LogP contribution in [0.3, 0.4) is 0 Å². The maximum absolute atomic E-state index is 4.29. The molecule has 0 amide bonds. The fraction of sp³-hybridized carbons (Fsp3) is 0.0909. The summed E-state index contributed by atoms with van der Waals surface area (Å²) in [5, 5.41) is 2.69. The molecule has 0 spiro atoms. The number of aryl methyl sites for hydroxylation is 1. The Balaban J connectivity index is 2.15. The van der Waals surface area contributed by atoms with E-state index < -0.39 is 0 Å². The maximum Gasteiger partial charge on any atom is -0.00177 e. The van der Waals surface area contributed by atoms with Crippen LogP contribution in [0.5, 0.6) is 0 Å². The van der Waals surface area contributed by atoms with Gasteiger partial charge in [-0.05, 0) is 63.6 Å². The van der Waals surface area contributed by atoms with E-state index in [-0.39, 0.29) is 0 Å². The van der Waals surface area contributed by atoms with Gasteiger partial charge in [-0.1, -0.05) is 67.3 Å². The molecule has 3 aromatic carbocycles. The quantitative estimate of drug-likeness (QED) is 0.374. The second kappa shape index (κ2) is 4.71. The van der Waals surface area contributed by atoms with Gasteiger partial charge in [-0.3, -0.25) is 0 Å². The van der Waals surface area contributed by atoms with Crippen LogP contribution in [0, 0.1) is 6.92 Å². The van der Waals surface area contributed by atoms with Crippen molar-refractivity contribution in [3.63, 3.8) is 0 Å². The number of rotatable bonds is 2. The molecule has 106 valence electrons. The summed E-state index contributed by atoms with van der Waals surface area (Å²) in [4.78, 5) is 0. The van der Waals surface area contributed by atoms with Crippen molar-refractivity contribution in [1.29, 1.82) is 0 Å². The lowest BCUT2D eigenvalue weighted by atomic mass is 9.90.